The Morgan fingerprint density at radius 3 is 2.52 bits per heavy atom. The fourth-order valence-corrected chi connectivity index (χ4v) is 2.34. The molecule has 3 nitrogen and oxygen atoms in total. The van der Waals surface area contributed by atoms with E-state index in [1.54, 1.807) is 12.1 Å². The molecule has 2 aromatic carbocycles. The number of halogens is 4. The smallest absolute Gasteiger partial charge is 0.259 e. The summed E-state index contributed by atoms with van der Waals surface area (Å²) in [5, 5.41) is 2.38. The maximum Gasteiger partial charge on any atom is 0.259 e. The summed E-state index contributed by atoms with van der Waals surface area (Å²) in [7, 11) is 1.42. The van der Waals surface area contributed by atoms with Crippen molar-refractivity contribution in [2.45, 2.75) is 0 Å². The molecule has 1 N–H and O–H groups in total. The van der Waals surface area contributed by atoms with E-state index in [0.717, 1.165) is 10.5 Å². The van der Waals surface area contributed by atoms with Gasteiger partial charge >= 0.3 is 0 Å². The third kappa shape index (κ3) is 3.59. The molecule has 0 saturated heterocycles. The molecule has 0 unspecified atom stereocenters. The first-order chi connectivity index (χ1) is 9.92. The molecule has 0 radical (unpaired) electrons. The van der Waals surface area contributed by atoms with Crippen molar-refractivity contribution in [3.05, 3.63) is 56.5 Å². The van der Waals surface area contributed by atoms with Crippen molar-refractivity contribution >= 4 is 43.5 Å². The average molecular weight is 421 g/mol. The van der Waals surface area contributed by atoms with Gasteiger partial charge in [0.05, 0.1) is 22.8 Å². The highest BCUT2D eigenvalue weighted by Gasteiger charge is 2.16. The summed E-state index contributed by atoms with van der Waals surface area (Å²) in [4.78, 5) is 12.2. The van der Waals surface area contributed by atoms with Gasteiger partial charge in [-0.15, -0.1) is 0 Å². The van der Waals surface area contributed by atoms with Gasteiger partial charge in [0.1, 0.15) is 17.4 Å². The summed E-state index contributed by atoms with van der Waals surface area (Å²) in [6.45, 7) is 0. The number of amides is 1. The highest BCUT2D eigenvalue weighted by molar-refractivity contribution is 9.10. The minimum absolute atomic E-state index is 0.0574. The van der Waals surface area contributed by atoms with E-state index in [0.29, 0.717) is 11.8 Å². The molecule has 1 amide bonds. The lowest BCUT2D eigenvalue weighted by Crippen LogP contribution is -2.14. The van der Waals surface area contributed by atoms with Crippen molar-refractivity contribution in [2.75, 3.05) is 12.4 Å². The Kier molecular flexibility index (Phi) is 4.95. The van der Waals surface area contributed by atoms with Crippen molar-refractivity contribution in [2.24, 2.45) is 0 Å². The molecule has 0 fully saturated rings. The molecule has 110 valence electrons. The topological polar surface area (TPSA) is 38.3 Å². The van der Waals surface area contributed by atoms with Crippen molar-refractivity contribution in [3.63, 3.8) is 0 Å². The maximum atomic E-state index is 13.6. The quantitative estimate of drug-likeness (QED) is 0.727. The molecule has 0 aromatic heterocycles. The van der Waals surface area contributed by atoms with Gasteiger partial charge in [0.2, 0.25) is 0 Å². The Morgan fingerprint density at radius 2 is 1.86 bits per heavy atom. The number of rotatable bonds is 3. The van der Waals surface area contributed by atoms with E-state index < -0.39 is 17.5 Å². The third-order valence-electron chi connectivity index (χ3n) is 2.67. The summed E-state index contributed by atoms with van der Waals surface area (Å²) in [5.41, 5.74) is 0.110. The van der Waals surface area contributed by atoms with Crippen LogP contribution >= 0.6 is 31.9 Å². The number of methoxy groups -OCH3 is 1. The van der Waals surface area contributed by atoms with Crippen LogP contribution in [0.1, 0.15) is 10.4 Å². The van der Waals surface area contributed by atoms with Gasteiger partial charge < -0.3 is 10.1 Å². The molecule has 0 aliphatic carbocycles. The van der Waals surface area contributed by atoms with Crippen LogP contribution in [0, 0.1) is 11.6 Å². The van der Waals surface area contributed by atoms with Crippen LogP contribution in [0.15, 0.2) is 39.3 Å². The molecule has 2 rings (SSSR count). The fraction of sp³-hybridized carbons (Fsp3) is 0.0714. The predicted molar refractivity (Wildman–Crippen MR) is 82.7 cm³/mol. The number of carbonyl (C=O) groups excluding carboxylic acids is 1. The van der Waals surface area contributed by atoms with Gasteiger partial charge in [-0.1, -0.05) is 15.9 Å². The fourth-order valence-electron chi connectivity index (χ4n) is 1.66. The summed E-state index contributed by atoms with van der Waals surface area (Å²) < 4.78 is 32.7. The number of hydrogen-bond acceptors (Lipinski definition) is 2. The molecule has 0 bridgehead atoms. The Labute approximate surface area is 136 Å². The van der Waals surface area contributed by atoms with Crippen LogP contribution in [-0.4, -0.2) is 13.0 Å². The molecule has 0 atom stereocenters. The van der Waals surface area contributed by atoms with E-state index in [4.69, 9.17) is 4.74 Å². The Morgan fingerprint density at radius 1 is 1.14 bits per heavy atom. The van der Waals surface area contributed by atoms with E-state index in [-0.39, 0.29) is 15.7 Å². The summed E-state index contributed by atoms with van der Waals surface area (Å²) >= 11 is 6.20. The predicted octanol–water partition coefficient (Wildman–Crippen LogP) is 4.75. The molecule has 21 heavy (non-hydrogen) atoms. The van der Waals surface area contributed by atoms with Gasteiger partial charge in [0, 0.05) is 10.5 Å². The molecule has 0 heterocycles. The van der Waals surface area contributed by atoms with Crippen molar-refractivity contribution in [3.8, 4) is 5.75 Å². The molecular formula is C14H9Br2F2NO2. The SMILES string of the molecule is COc1cc(Br)ccc1C(=O)Nc1cc(Br)c(F)cc1F. The number of ether oxygens (including phenoxy) is 1. The molecule has 7 heteroatoms. The number of nitrogens with one attached hydrogen (secondary N) is 1. The molecule has 0 spiro atoms. The first-order valence-electron chi connectivity index (χ1n) is 5.72. The highest BCUT2D eigenvalue weighted by Crippen LogP contribution is 2.27. The third-order valence-corrected chi connectivity index (χ3v) is 3.77. The monoisotopic (exact) mass is 419 g/mol. The van der Waals surface area contributed by atoms with Crippen LogP contribution in [-0.2, 0) is 0 Å². The summed E-state index contributed by atoms with van der Waals surface area (Å²) in [6.07, 6.45) is 0. The lowest BCUT2D eigenvalue weighted by Gasteiger charge is -2.11. The van der Waals surface area contributed by atoms with Crippen LogP contribution in [0.2, 0.25) is 0 Å². The lowest BCUT2D eigenvalue weighted by atomic mass is 10.2. The van der Waals surface area contributed by atoms with Crippen molar-refractivity contribution < 1.29 is 18.3 Å². The Hall–Kier alpha value is -1.47. The average Bonchev–Trinajstić information content (AvgIpc) is 2.44. The Balaban J connectivity index is 2.32. The largest absolute Gasteiger partial charge is 0.496 e. The summed E-state index contributed by atoms with van der Waals surface area (Å²) in [6, 6.07) is 6.67. The van der Waals surface area contributed by atoms with Crippen LogP contribution < -0.4 is 10.1 Å². The normalized spacial score (nSPS) is 10.3. The molecular weight excluding hydrogens is 412 g/mol. The highest BCUT2D eigenvalue weighted by atomic mass is 79.9. The van der Waals surface area contributed by atoms with E-state index in [9.17, 15) is 13.6 Å². The second kappa shape index (κ2) is 6.53. The Bertz CT molecular complexity index is 708. The minimum Gasteiger partial charge on any atom is -0.496 e. The van der Waals surface area contributed by atoms with Gasteiger partial charge in [0.15, 0.2) is 0 Å². The van der Waals surface area contributed by atoms with Crippen LogP contribution in [0.4, 0.5) is 14.5 Å². The van der Waals surface area contributed by atoms with E-state index in [1.165, 1.54) is 13.2 Å². The van der Waals surface area contributed by atoms with Gasteiger partial charge in [-0.05, 0) is 40.2 Å². The van der Waals surface area contributed by atoms with Gasteiger partial charge in [-0.25, -0.2) is 8.78 Å². The second-order valence-corrected chi connectivity index (χ2v) is 5.81. The number of anilines is 1. The molecule has 2 aromatic rings. The van der Waals surface area contributed by atoms with E-state index in [2.05, 4.69) is 37.2 Å². The number of benzene rings is 2. The van der Waals surface area contributed by atoms with Crippen LogP contribution in [0.3, 0.4) is 0 Å². The van der Waals surface area contributed by atoms with Crippen LogP contribution in [0.25, 0.3) is 0 Å². The van der Waals surface area contributed by atoms with E-state index >= 15 is 0 Å². The maximum absolute atomic E-state index is 13.6. The molecule has 0 aliphatic rings. The summed E-state index contributed by atoms with van der Waals surface area (Å²) in [5.74, 6) is -1.83. The molecule has 0 aliphatic heterocycles. The number of hydrogen-bond donors (Lipinski definition) is 1. The second-order valence-electron chi connectivity index (χ2n) is 4.04. The minimum atomic E-state index is -0.861. The van der Waals surface area contributed by atoms with Crippen molar-refractivity contribution in [1.82, 2.24) is 0 Å². The van der Waals surface area contributed by atoms with Gasteiger partial charge in [0.25, 0.3) is 5.91 Å². The van der Waals surface area contributed by atoms with E-state index in [1.807, 2.05) is 0 Å². The van der Waals surface area contributed by atoms with Crippen LogP contribution in [0.5, 0.6) is 5.75 Å². The van der Waals surface area contributed by atoms with Gasteiger partial charge in [-0.3, -0.25) is 4.79 Å². The zero-order valence-corrected chi connectivity index (χ0v) is 13.9. The van der Waals surface area contributed by atoms with Gasteiger partial charge in [-0.2, -0.15) is 0 Å². The zero-order chi connectivity index (χ0) is 15.6. The first kappa shape index (κ1) is 15.9. The number of carbonyl (C=O) groups is 1. The first-order valence-corrected chi connectivity index (χ1v) is 7.30. The lowest BCUT2D eigenvalue weighted by molar-refractivity contribution is 0.102. The molecule has 0 saturated carbocycles. The standard InChI is InChI=1S/C14H9Br2F2NO2/c1-21-13-4-7(15)2-3-8(13)14(20)19-12-5-9(16)10(17)6-11(12)18/h2-6H,1H3,(H,19,20). The zero-order valence-electron chi connectivity index (χ0n) is 10.7. The van der Waals surface area contributed by atoms with Crippen molar-refractivity contribution in [1.29, 1.82) is 0 Å².